The molecule has 0 spiro atoms. The third kappa shape index (κ3) is 3.82. The summed E-state index contributed by atoms with van der Waals surface area (Å²) < 4.78 is 5.81. The summed E-state index contributed by atoms with van der Waals surface area (Å²) >= 11 is 1.62. The lowest BCUT2D eigenvalue weighted by Crippen LogP contribution is -2.43. The van der Waals surface area contributed by atoms with E-state index in [1.807, 2.05) is 29.5 Å². The lowest BCUT2D eigenvalue weighted by Gasteiger charge is -2.32. The average Bonchev–Trinajstić information content (AvgIpc) is 3.21. The molecule has 23 heavy (non-hydrogen) atoms. The lowest BCUT2D eigenvalue weighted by atomic mass is 10.1. The maximum absolute atomic E-state index is 12.7. The summed E-state index contributed by atoms with van der Waals surface area (Å²) in [6, 6.07) is 1.90. The van der Waals surface area contributed by atoms with E-state index in [9.17, 15) is 4.79 Å². The topological polar surface area (TPSA) is 58.2 Å². The molecule has 1 aliphatic rings. The van der Waals surface area contributed by atoms with Crippen molar-refractivity contribution in [1.82, 2.24) is 14.9 Å². The van der Waals surface area contributed by atoms with Crippen LogP contribution in [0, 0.1) is 6.92 Å². The number of thiazole rings is 1. The van der Waals surface area contributed by atoms with E-state index in [2.05, 4.69) is 16.9 Å². The van der Waals surface area contributed by atoms with Crippen molar-refractivity contribution in [3.63, 3.8) is 0 Å². The summed E-state index contributed by atoms with van der Waals surface area (Å²) in [6.45, 7) is 6.34. The van der Waals surface area contributed by atoms with Gasteiger partial charge in [0.1, 0.15) is 5.69 Å². The second-order valence-electron chi connectivity index (χ2n) is 5.94. The molecule has 1 amide bonds. The molecule has 3 heterocycles. The van der Waals surface area contributed by atoms with Crippen LogP contribution in [-0.2, 0) is 4.74 Å². The summed E-state index contributed by atoms with van der Waals surface area (Å²) in [6.07, 6.45) is 5.08. The minimum absolute atomic E-state index is 0.0491. The van der Waals surface area contributed by atoms with Gasteiger partial charge in [-0.1, -0.05) is 6.92 Å². The molecule has 6 heteroatoms. The van der Waals surface area contributed by atoms with Gasteiger partial charge < -0.3 is 14.6 Å². The fourth-order valence-electron chi connectivity index (χ4n) is 2.88. The number of piperidine rings is 1. The Labute approximate surface area is 140 Å². The maximum atomic E-state index is 12.7. The Bertz CT molecular complexity index is 664. The zero-order valence-corrected chi connectivity index (χ0v) is 14.5. The van der Waals surface area contributed by atoms with Crippen molar-refractivity contribution >= 4 is 17.2 Å². The van der Waals surface area contributed by atoms with Crippen molar-refractivity contribution in [2.45, 2.75) is 39.2 Å². The van der Waals surface area contributed by atoms with Crippen LogP contribution < -0.4 is 0 Å². The highest BCUT2D eigenvalue weighted by Gasteiger charge is 2.25. The van der Waals surface area contributed by atoms with Gasteiger partial charge in [0.2, 0.25) is 0 Å². The molecule has 1 saturated heterocycles. The first-order valence-corrected chi connectivity index (χ1v) is 9.07. The van der Waals surface area contributed by atoms with Gasteiger partial charge >= 0.3 is 0 Å². The van der Waals surface area contributed by atoms with E-state index in [1.54, 1.807) is 11.3 Å². The summed E-state index contributed by atoms with van der Waals surface area (Å²) in [5.74, 6) is 0.0491. The van der Waals surface area contributed by atoms with Crippen molar-refractivity contribution in [3.05, 3.63) is 28.3 Å². The van der Waals surface area contributed by atoms with Gasteiger partial charge in [-0.15, -0.1) is 11.3 Å². The smallest absolute Gasteiger partial charge is 0.270 e. The van der Waals surface area contributed by atoms with Crippen molar-refractivity contribution in [1.29, 1.82) is 0 Å². The molecule has 1 atom stereocenters. The number of H-pyrrole nitrogens is 1. The van der Waals surface area contributed by atoms with Crippen LogP contribution in [0.5, 0.6) is 0 Å². The second kappa shape index (κ2) is 7.27. The van der Waals surface area contributed by atoms with Gasteiger partial charge in [0.15, 0.2) is 0 Å². The first kappa shape index (κ1) is 16.2. The quantitative estimate of drug-likeness (QED) is 0.911. The molecule has 2 aromatic rings. The number of aromatic nitrogens is 2. The molecule has 0 bridgehead atoms. The summed E-state index contributed by atoms with van der Waals surface area (Å²) in [7, 11) is 0. The van der Waals surface area contributed by atoms with Crippen LogP contribution in [0.1, 0.15) is 41.7 Å². The van der Waals surface area contributed by atoms with E-state index in [4.69, 9.17) is 4.74 Å². The molecular formula is C17H23N3O2S. The molecule has 124 valence electrons. The average molecular weight is 333 g/mol. The van der Waals surface area contributed by atoms with E-state index >= 15 is 0 Å². The van der Waals surface area contributed by atoms with Gasteiger partial charge in [0.05, 0.1) is 16.8 Å². The summed E-state index contributed by atoms with van der Waals surface area (Å²) in [5.41, 5.74) is 2.51. The van der Waals surface area contributed by atoms with E-state index in [0.29, 0.717) is 12.2 Å². The van der Waals surface area contributed by atoms with Crippen molar-refractivity contribution in [2.24, 2.45) is 0 Å². The highest BCUT2D eigenvalue weighted by Crippen LogP contribution is 2.23. The van der Waals surface area contributed by atoms with E-state index < -0.39 is 0 Å². The van der Waals surface area contributed by atoms with Crippen LogP contribution >= 0.6 is 11.3 Å². The summed E-state index contributed by atoms with van der Waals surface area (Å²) in [5, 5.41) is 3.04. The van der Waals surface area contributed by atoms with Gasteiger partial charge in [0, 0.05) is 36.8 Å². The third-order valence-corrected chi connectivity index (χ3v) is 4.82. The zero-order valence-electron chi connectivity index (χ0n) is 13.7. The largest absolute Gasteiger partial charge is 0.376 e. The Morgan fingerprint density at radius 1 is 1.57 bits per heavy atom. The van der Waals surface area contributed by atoms with Crippen LogP contribution in [0.4, 0.5) is 0 Å². The molecule has 5 nitrogen and oxygen atoms in total. The summed E-state index contributed by atoms with van der Waals surface area (Å²) in [4.78, 5) is 22.2. The first-order valence-electron chi connectivity index (χ1n) is 8.19. The molecular weight excluding hydrogens is 310 g/mol. The Hall–Kier alpha value is -1.66. The Balaban J connectivity index is 1.67. The number of rotatable bonds is 5. The van der Waals surface area contributed by atoms with Crippen LogP contribution in [0.3, 0.4) is 0 Å². The molecule has 1 fully saturated rings. The Kier molecular flexibility index (Phi) is 5.13. The monoisotopic (exact) mass is 333 g/mol. The molecule has 0 radical (unpaired) electrons. The SMILES string of the molecule is CCCO[C@H]1CCCN(C(=O)c2cc(-c3csc(C)n3)c[nH]2)C1. The number of nitrogens with one attached hydrogen (secondary N) is 1. The molecule has 1 aliphatic heterocycles. The number of nitrogens with zero attached hydrogens (tertiary/aromatic N) is 2. The number of ether oxygens (including phenoxy) is 1. The standard InChI is InChI=1S/C17H23N3O2S/c1-3-7-22-14-5-4-6-20(10-14)17(21)15-8-13(9-18-15)16-11-23-12(2)19-16/h8-9,11,14,18H,3-7,10H2,1-2H3/t14-/m0/s1. The number of likely N-dealkylation sites (tertiary alicyclic amines) is 1. The second-order valence-corrected chi connectivity index (χ2v) is 7.00. The highest BCUT2D eigenvalue weighted by atomic mass is 32.1. The minimum Gasteiger partial charge on any atom is -0.376 e. The van der Waals surface area contributed by atoms with Crippen molar-refractivity contribution in [2.75, 3.05) is 19.7 Å². The van der Waals surface area contributed by atoms with Crippen LogP contribution in [0.15, 0.2) is 17.6 Å². The number of carbonyl (C=O) groups is 1. The van der Waals surface area contributed by atoms with E-state index in [0.717, 1.165) is 48.7 Å². The van der Waals surface area contributed by atoms with Gasteiger partial charge in [-0.05, 0) is 32.3 Å². The number of hydrogen-bond donors (Lipinski definition) is 1. The highest BCUT2D eigenvalue weighted by molar-refractivity contribution is 7.09. The fraction of sp³-hybridized carbons (Fsp3) is 0.529. The minimum atomic E-state index is 0.0491. The molecule has 0 saturated carbocycles. The van der Waals surface area contributed by atoms with E-state index in [1.165, 1.54) is 0 Å². The molecule has 3 rings (SSSR count). The van der Waals surface area contributed by atoms with Crippen LogP contribution in [-0.4, -0.2) is 46.6 Å². The molecule has 2 aromatic heterocycles. The van der Waals surface area contributed by atoms with Gasteiger partial charge in [-0.3, -0.25) is 4.79 Å². The normalized spacial score (nSPS) is 18.3. The van der Waals surface area contributed by atoms with Crippen LogP contribution in [0.2, 0.25) is 0 Å². The van der Waals surface area contributed by atoms with Crippen molar-refractivity contribution in [3.8, 4) is 11.3 Å². The number of hydrogen-bond acceptors (Lipinski definition) is 4. The number of aromatic amines is 1. The first-order chi connectivity index (χ1) is 11.2. The van der Waals surface area contributed by atoms with Crippen molar-refractivity contribution < 1.29 is 9.53 Å². The molecule has 1 N–H and O–H groups in total. The molecule has 0 aliphatic carbocycles. The van der Waals surface area contributed by atoms with Gasteiger partial charge in [-0.25, -0.2) is 4.98 Å². The molecule has 0 aromatic carbocycles. The maximum Gasteiger partial charge on any atom is 0.270 e. The van der Waals surface area contributed by atoms with Crippen LogP contribution in [0.25, 0.3) is 11.3 Å². The number of aryl methyl sites for hydroxylation is 1. The van der Waals surface area contributed by atoms with Gasteiger partial charge in [0.25, 0.3) is 5.91 Å². The fourth-order valence-corrected chi connectivity index (χ4v) is 3.50. The van der Waals surface area contributed by atoms with E-state index in [-0.39, 0.29) is 12.0 Å². The number of carbonyl (C=O) groups excluding carboxylic acids is 1. The zero-order chi connectivity index (χ0) is 16.2. The number of amides is 1. The Morgan fingerprint density at radius 3 is 3.17 bits per heavy atom. The van der Waals surface area contributed by atoms with Gasteiger partial charge in [-0.2, -0.15) is 0 Å². The predicted octanol–water partition coefficient (Wildman–Crippen LogP) is 3.48. The Morgan fingerprint density at radius 2 is 2.43 bits per heavy atom. The predicted molar refractivity (Wildman–Crippen MR) is 91.8 cm³/mol. The molecule has 0 unspecified atom stereocenters. The third-order valence-electron chi connectivity index (χ3n) is 4.05. The lowest BCUT2D eigenvalue weighted by molar-refractivity contribution is 0.00194.